The SMILES string of the molecule is CCC1CC(C)OC(c2ccc(C(=O)[O-])cc2)O1.[Na+]. The molecule has 0 N–H and O–H groups in total. The Labute approximate surface area is 135 Å². The van der Waals surface area contributed by atoms with E-state index in [1.807, 2.05) is 6.92 Å². The van der Waals surface area contributed by atoms with E-state index in [0.29, 0.717) is 0 Å². The smallest absolute Gasteiger partial charge is 0.545 e. The first-order valence-electron chi connectivity index (χ1n) is 6.22. The van der Waals surface area contributed by atoms with E-state index in [1.54, 1.807) is 12.1 Å². The van der Waals surface area contributed by atoms with Gasteiger partial charge in [-0.15, -0.1) is 0 Å². The molecule has 1 heterocycles. The number of rotatable bonds is 3. The second kappa shape index (κ2) is 7.41. The Hall–Kier alpha value is -0.390. The minimum absolute atomic E-state index is 0. The van der Waals surface area contributed by atoms with Crippen molar-refractivity contribution in [3.63, 3.8) is 0 Å². The first kappa shape index (κ1) is 16.7. The number of carboxylic acid groups (broad SMARTS) is 1. The summed E-state index contributed by atoms with van der Waals surface area (Å²) in [6.45, 7) is 4.10. The Kier molecular flexibility index (Phi) is 6.50. The van der Waals surface area contributed by atoms with E-state index in [1.165, 1.54) is 12.1 Å². The van der Waals surface area contributed by atoms with Gasteiger partial charge in [-0.2, -0.15) is 0 Å². The summed E-state index contributed by atoms with van der Waals surface area (Å²) in [4.78, 5) is 10.7. The zero-order valence-electron chi connectivity index (χ0n) is 11.6. The Balaban J connectivity index is 0.00000180. The molecular formula is C14H17NaO4. The zero-order chi connectivity index (χ0) is 13.1. The number of benzene rings is 1. The van der Waals surface area contributed by atoms with Crippen molar-refractivity contribution in [1.29, 1.82) is 0 Å². The molecule has 3 unspecified atom stereocenters. The van der Waals surface area contributed by atoms with Crippen LogP contribution in [-0.2, 0) is 9.47 Å². The second-order valence-electron chi connectivity index (χ2n) is 4.59. The molecule has 0 saturated carbocycles. The van der Waals surface area contributed by atoms with Gasteiger partial charge in [0.15, 0.2) is 6.29 Å². The fraction of sp³-hybridized carbons (Fsp3) is 0.500. The summed E-state index contributed by atoms with van der Waals surface area (Å²) >= 11 is 0. The number of aromatic carboxylic acids is 1. The van der Waals surface area contributed by atoms with Crippen molar-refractivity contribution in [3.8, 4) is 0 Å². The summed E-state index contributed by atoms with van der Waals surface area (Å²) in [7, 11) is 0. The third kappa shape index (κ3) is 4.29. The standard InChI is InChI=1S/C14H18O4.Na/c1-3-12-8-9(2)17-14(18-12)11-6-4-10(5-7-11)13(15)16;/h4-7,9,12,14H,3,8H2,1-2H3,(H,15,16);/q;+1/p-1. The number of carboxylic acids is 1. The summed E-state index contributed by atoms with van der Waals surface area (Å²) in [5, 5.41) is 10.7. The van der Waals surface area contributed by atoms with Gasteiger partial charge >= 0.3 is 29.6 Å². The molecule has 98 valence electrons. The van der Waals surface area contributed by atoms with Crippen LogP contribution in [0.25, 0.3) is 0 Å². The van der Waals surface area contributed by atoms with Crippen LogP contribution in [-0.4, -0.2) is 18.2 Å². The normalized spacial score (nSPS) is 26.5. The maximum Gasteiger partial charge on any atom is 1.00 e. The predicted octanol–water partition coefficient (Wildman–Crippen LogP) is -1.34. The third-order valence-electron chi connectivity index (χ3n) is 3.14. The molecule has 1 aromatic carbocycles. The first-order valence-corrected chi connectivity index (χ1v) is 6.22. The predicted molar refractivity (Wildman–Crippen MR) is 63.8 cm³/mol. The minimum atomic E-state index is -1.17. The van der Waals surface area contributed by atoms with Crippen LogP contribution in [0.2, 0.25) is 0 Å². The molecule has 19 heavy (non-hydrogen) atoms. The monoisotopic (exact) mass is 272 g/mol. The van der Waals surface area contributed by atoms with Gasteiger partial charge in [-0.1, -0.05) is 31.2 Å². The van der Waals surface area contributed by atoms with Crippen molar-refractivity contribution in [2.45, 2.75) is 45.2 Å². The van der Waals surface area contributed by atoms with Crippen LogP contribution in [0.15, 0.2) is 24.3 Å². The number of carbonyl (C=O) groups is 1. The maximum atomic E-state index is 10.7. The number of hydrogen-bond acceptors (Lipinski definition) is 4. The number of ether oxygens (including phenoxy) is 2. The van der Waals surface area contributed by atoms with Crippen LogP contribution in [0.5, 0.6) is 0 Å². The van der Waals surface area contributed by atoms with Crippen molar-refractivity contribution in [3.05, 3.63) is 35.4 Å². The van der Waals surface area contributed by atoms with E-state index in [-0.39, 0.29) is 47.3 Å². The second-order valence-corrected chi connectivity index (χ2v) is 4.59. The van der Waals surface area contributed by atoms with Crippen LogP contribution in [0, 0.1) is 0 Å². The van der Waals surface area contributed by atoms with Crippen LogP contribution in [0.4, 0.5) is 0 Å². The Bertz CT molecular complexity index is 418. The van der Waals surface area contributed by atoms with Crippen molar-refractivity contribution >= 4 is 5.97 Å². The Morgan fingerprint density at radius 2 is 1.95 bits per heavy atom. The molecule has 2 rings (SSSR count). The minimum Gasteiger partial charge on any atom is -0.545 e. The van der Waals surface area contributed by atoms with E-state index >= 15 is 0 Å². The summed E-state index contributed by atoms with van der Waals surface area (Å²) < 4.78 is 11.5. The molecular weight excluding hydrogens is 255 g/mol. The number of hydrogen-bond donors (Lipinski definition) is 0. The van der Waals surface area contributed by atoms with Gasteiger partial charge in [0.1, 0.15) is 0 Å². The van der Waals surface area contributed by atoms with Crippen molar-refractivity contribution in [2.24, 2.45) is 0 Å². The quantitative estimate of drug-likeness (QED) is 0.639. The largest absolute Gasteiger partial charge is 1.00 e. The number of carbonyl (C=O) groups excluding carboxylic acids is 1. The van der Waals surface area contributed by atoms with Gasteiger partial charge in [-0.25, -0.2) is 0 Å². The van der Waals surface area contributed by atoms with E-state index in [9.17, 15) is 9.90 Å². The summed E-state index contributed by atoms with van der Waals surface area (Å²) in [5.74, 6) is -1.17. The molecule has 1 aliphatic rings. The molecule has 1 aromatic rings. The summed E-state index contributed by atoms with van der Waals surface area (Å²) in [6, 6.07) is 6.44. The summed E-state index contributed by atoms with van der Waals surface area (Å²) in [5.41, 5.74) is 1.000. The van der Waals surface area contributed by atoms with Crippen LogP contribution in [0.1, 0.15) is 48.9 Å². The fourth-order valence-corrected chi connectivity index (χ4v) is 2.10. The van der Waals surface area contributed by atoms with Crippen molar-refractivity contribution in [1.82, 2.24) is 0 Å². The van der Waals surface area contributed by atoms with Gasteiger partial charge in [-0.3, -0.25) is 0 Å². The molecule has 3 atom stereocenters. The topological polar surface area (TPSA) is 58.6 Å². The Morgan fingerprint density at radius 3 is 2.47 bits per heavy atom. The molecule has 4 nitrogen and oxygen atoms in total. The van der Waals surface area contributed by atoms with E-state index in [4.69, 9.17) is 9.47 Å². The fourth-order valence-electron chi connectivity index (χ4n) is 2.10. The van der Waals surface area contributed by atoms with E-state index in [2.05, 4.69) is 6.92 Å². The molecule has 1 aliphatic heterocycles. The molecule has 1 fully saturated rings. The third-order valence-corrected chi connectivity index (χ3v) is 3.14. The van der Waals surface area contributed by atoms with Gasteiger partial charge in [0, 0.05) is 5.56 Å². The van der Waals surface area contributed by atoms with E-state index in [0.717, 1.165) is 18.4 Å². The van der Waals surface area contributed by atoms with Crippen molar-refractivity contribution in [2.75, 3.05) is 0 Å². The van der Waals surface area contributed by atoms with Gasteiger partial charge in [0.25, 0.3) is 0 Å². The summed E-state index contributed by atoms with van der Waals surface area (Å²) in [6.07, 6.45) is 1.77. The van der Waals surface area contributed by atoms with Gasteiger partial charge < -0.3 is 19.4 Å². The molecule has 0 radical (unpaired) electrons. The van der Waals surface area contributed by atoms with Gasteiger partial charge in [0.05, 0.1) is 18.2 Å². The molecule has 1 saturated heterocycles. The zero-order valence-corrected chi connectivity index (χ0v) is 13.6. The average Bonchev–Trinajstić information content (AvgIpc) is 2.38. The maximum absolute atomic E-state index is 10.7. The van der Waals surface area contributed by atoms with Crippen molar-refractivity contribution < 1.29 is 48.9 Å². The Morgan fingerprint density at radius 1 is 1.32 bits per heavy atom. The molecule has 5 heteroatoms. The average molecular weight is 272 g/mol. The van der Waals surface area contributed by atoms with Crippen LogP contribution < -0.4 is 34.7 Å². The van der Waals surface area contributed by atoms with Gasteiger partial charge in [-0.05, 0) is 25.3 Å². The molecule has 0 spiro atoms. The molecule has 0 aromatic heterocycles. The van der Waals surface area contributed by atoms with Gasteiger partial charge in [0.2, 0.25) is 0 Å². The molecule has 0 amide bonds. The molecule has 0 bridgehead atoms. The first-order chi connectivity index (χ1) is 8.60. The van der Waals surface area contributed by atoms with Crippen LogP contribution in [0.3, 0.4) is 0 Å². The van der Waals surface area contributed by atoms with E-state index < -0.39 is 12.3 Å². The van der Waals surface area contributed by atoms with Crippen LogP contribution >= 0.6 is 0 Å². The molecule has 0 aliphatic carbocycles.